The minimum absolute atomic E-state index is 0.253. The van der Waals surface area contributed by atoms with Gasteiger partial charge in [0.1, 0.15) is 5.70 Å². The number of anilines is 1. The van der Waals surface area contributed by atoms with Gasteiger partial charge >= 0.3 is 0 Å². The summed E-state index contributed by atoms with van der Waals surface area (Å²) in [6.45, 7) is 7.46. The lowest BCUT2D eigenvalue weighted by Crippen LogP contribution is -2.37. The number of carbonyl (C=O) groups is 2. The molecular weight excluding hydrogens is 384 g/mol. The van der Waals surface area contributed by atoms with Crippen molar-refractivity contribution in [3.63, 3.8) is 0 Å². The summed E-state index contributed by atoms with van der Waals surface area (Å²) >= 11 is 6.30. The third kappa shape index (κ3) is 3.36. The van der Waals surface area contributed by atoms with Gasteiger partial charge in [-0.05, 0) is 68.9 Å². The van der Waals surface area contributed by atoms with Crippen LogP contribution in [-0.2, 0) is 9.59 Å². The second-order valence-corrected chi connectivity index (χ2v) is 8.33. The van der Waals surface area contributed by atoms with Gasteiger partial charge in [0, 0.05) is 18.1 Å². The number of rotatable bonds is 3. The predicted molar refractivity (Wildman–Crippen MR) is 117 cm³/mol. The van der Waals surface area contributed by atoms with Gasteiger partial charge in [0.15, 0.2) is 0 Å². The van der Waals surface area contributed by atoms with Gasteiger partial charge in [-0.2, -0.15) is 0 Å². The fourth-order valence-electron chi connectivity index (χ4n) is 4.32. The third-order valence-electron chi connectivity index (χ3n) is 5.86. The van der Waals surface area contributed by atoms with Gasteiger partial charge in [0.25, 0.3) is 11.8 Å². The van der Waals surface area contributed by atoms with Crippen LogP contribution in [0.5, 0.6) is 0 Å². The molecule has 29 heavy (non-hydrogen) atoms. The molecule has 4 rings (SSSR count). The minimum atomic E-state index is -0.270. The topological polar surface area (TPSA) is 40.6 Å². The molecule has 150 valence electrons. The standard InChI is InChI=1S/C24H25ClN2O2/c1-15-10-11-18(16(2)14-15)21-22(26-12-5-4-6-13-26)24(29)27(23(21)28)20-9-7-8-19(25)17(20)3/h7-11,14H,4-6,12-13H2,1-3H3. The first kappa shape index (κ1) is 19.7. The fourth-order valence-corrected chi connectivity index (χ4v) is 4.49. The minimum Gasteiger partial charge on any atom is -0.366 e. The molecule has 2 heterocycles. The maximum absolute atomic E-state index is 13.6. The SMILES string of the molecule is Cc1ccc(C2=C(N3CCCCC3)C(=O)N(c3cccc(Cl)c3C)C2=O)c(C)c1. The largest absolute Gasteiger partial charge is 0.366 e. The van der Waals surface area contributed by atoms with E-state index in [9.17, 15) is 9.59 Å². The van der Waals surface area contributed by atoms with E-state index in [1.807, 2.05) is 32.9 Å². The van der Waals surface area contributed by atoms with E-state index in [0.717, 1.165) is 54.6 Å². The highest BCUT2D eigenvalue weighted by atomic mass is 35.5. The van der Waals surface area contributed by atoms with Crippen LogP contribution < -0.4 is 4.90 Å². The normalized spacial score (nSPS) is 17.5. The average molecular weight is 409 g/mol. The van der Waals surface area contributed by atoms with E-state index >= 15 is 0 Å². The number of amides is 2. The number of halogens is 1. The first-order valence-corrected chi connectivity index (χ1v) is 10.5. The highest BCUT2D eigenvalue weighted by molar-refractivity contribution is 6.46. The van der Waals surface area contributed by atoms with Crippen LogP contribution in [0, 0.1) is 20.8 Å². The van der Waals surface area contributed by atoms with Crippen molar-refractivity contribution in [2.45, 2.75) is 40.0 Å². The summed E-state index contributed by atoms with van der Waals surface area (Å²) in [5.41, 5.74) is 5.29. The number of hydrogen-bond acceptors (Lipinski definition) is 3. The van der Waals surface area contributed by atoms with Crippen LogP contribution in [0.25, 0.3) is 5.57 Å². The molecule has 0 bridgehead atoms. The van der Waals surface area contributed by atoms with Crippen molar-refractivity contribution in [2.75, 3.05) is 18.0 Å². The van der Waals surface area contributed by atoms with Gasteiger partial charge in [0.2, 0.25) is 0 Å². The Morgan fingerprint density at radius 2 is 1.62 bits per heavy atom. The summed E-state index contributed by atoms with van der Waals surface area (Å²) in [7, 11) is 0. The number of carbonyl (C=O) groups excluding carboxylic acids is 2. The smallest absolute Gasteiger partial charge is 0.282 e. The molecule has 1 saturated heterocycles. The van der Waals surface area contributed by atoms with Crippen molar-refractivity contribution < 1.29 is 9.59 Å². The summed E-state index contributed by atoms with van der Waals surface area (Å²) < 4.78 is 0. The van der Waals surface area contributed by atoms with Crippen molar-refractivity contribution in [2.24, 2.45) is 0 Å². The van der Waals surface area contributed by atoms with Crippen LogP contribution in [0.4, 0.5) is 5.69 Å². The lowest BCUT2D eigenvalue weighted by atomic mass is 9.96. The zero-order valence-electron chi connectivity index (χ0n) is 17.1. The van der Waals surface area contributed by atoms with Crippen LogP contribution in [-0.4, -0.2) is 29.8 Å². The Labute approximate surface area is 176 Å². The number of imide groups is 1. The van der Waals surface area contributed by atoms with E-state index in [-0.39, 0.29) is 11.8 Å². The maximum atomic E-state index is 13.6. The Morgan fingerprint density at radius 1 is 0.897 bits per heavy atom. The highest BCUT2D eigenvalue weighted by Crippen LogP contribution is 2.39. The van der Waals surface area contributed by atoms with E-state index in [2.05, 4.69) is 11.0 Å². The van der Waals surface area contributed by atoms with Crippen LogP contribution in [0.15, 0.2) is 42.1 Å². The van der Waals surface area contributed by atoms with Crippen LogP contribution in [0.3, 0.4) is 0 Å². The number of benzene rings is 2. The molecule has 4 nitrogen and oxygen atoms in total. The summed E-state index contributed by atoms with van der Waals surface area (Å²) in [6.07, 6.45) is 3.21. The molecule has 0 spiro atoms. The van der Waals surface area contributed by atoms with E-state index in [1.54, 1.807) is 18.2 Å². The van der Waals surface area contributed by atoms with Crippen LogP contribution in [0.2, 0.25) is 5.02 Å². The molecule has 5 heteroatoms. The number of aryl methyl sites for hydroxylation is 2. The lowest BCUT2D eigenvalue weighted by Gasteiger charge is -2.30. The molecule has 0 radical (unpaired) electrons. The number of piperidine rings is 1. The molecule has 2 aliphatic rings. The molecule has 2 aromatic carbocycles. The Kier molecular flexibility index (Phi) is 5.22. The molecule has 2 amide bonds. The predicted octanol–water partition coefficient (Wildman–Crippen LogP) is 5.04. The van der Waals surface area contributed by atoms with Gasteiger partial charge in [-0.25, -0.2) is 4.90 Å². The first-order valence-electron chi connectivity index (χ1n) is 10.1. The molecule has 0 saturated carbocycles. The molecule has 0 aliphatic carbocycles. The monoisotopic (exact) mass is 408 g/mol. The zero-order valence-corrected chi connectivity index (χ0v) is 17.8. The Hall–Kier alpha value is -2.59. The van der Waals surface area contributed by atoms with E-state index in [4.69, 9.17) is 11.6 Å². The molecule has 0 N–H and O–H groups in total. The first-order chi connectivity index (χ1) is 13.9. The maximum Gasteiger partial charge on any atom is 0.282 e. The molecule has 2 aromatic rings. The molecule has 1 fully saturated rings. The van der Waals surface area contributed by atoms with E-state index < -0.39 is 0 Å². The number of nitrogens with zero attached hydrogens (tertiary/aromatic N) is 2. The Morgan fingerprint density at radius 3 is 2.31 bits per heavy atom. The summed E-state index contributed by atoms with van der Waals surface area (Å²) in [6, 6.07) is 11.4. The summed E-state index contributed by atoms with van der Waals surface area (Å²) in [5.74, 6) is -0.523. The summed E-state index contributed by atoms with van der Waals surface area (Å²) in [5, 5.41) is 0.544. The van der Waals surface area contributed by atoms with Gasteiger partial charge in [-0.15, -0.1) is 0 Å². The molecular formula is C24H25ClN2O2. The number of hydrogen-bond donors (Lipinski definition) is 0. The highest BCUT2D eigenvalue weighted by Gasteiger charge is 2.43. The lowest BCUT2D eigenvalue weighted by molar-refractivity contribution is -0.120. The molecule has 2 aliphatic heterocycles. The van der Waals surface area contributed by atoms with Crippen molar-refractivity contribution in [3.8, 4) is 0 Å². The summed E-state index contributed by atoms with van der Waals surface area (Å²) in [4.78, 5) is 30.7. The van der Waals surface area contributed by atoms with Gasteiger partial charge in [0.05, 0.1) is 11.3 Å². The van der Waals surface area contributed by atoms with Crippen LogP contribution >= 0.6 is 11.6 Å². The third-order valence-corrected chi connectivity index (χ3v) is 6.27. The van der Waals surface area contributed by atoms with Crippen molar-refractivity contribution >= 4 is 34.7 Å². The van der Waals surface area contributed by atoms with E-state index in [0.29, 0.717) is 22.0 Å². The van der Waals surface area contributed by atoms with Crippen molar-refractivity contribution in [1.82, 2.24) is 4.90 Å². The van der Waals surface area contributed by atoms with Crippen molar-refractivity contribution in [3.05, 3.63) is 69.4 Å². The second-order valence-electron chi connectivity index (χ2n) is 7.92. The molecule has 0 unspecified atom stereocenters. The Bertz CT molecular complexity index is 1040. The van der Waals surface area contributed by atoms with Gasteiger partial charge < -0.3 is 4.90 Å². The fraction of sp³-hybridized carbons (Fsp3) is 0.333. The Balaban J connectivity index is 1.89. The van der Waals surface area contributed by atoms with Gasteiger partial charge in [-0.1, -0.05) is 41.4 Å². The quantitative estimate of drug-likeness (QED) is 0.668. The van der Waals surface area contributed by atoms with E-state index in [1.165, 1.54) is 4.90 Å². The number of likely N-dealkylation sites (tertiary alicyclic amines) is 1. The zero-order chi connectivity index (χ0) is 20.7. The average Bonchev–Trinajstić information content (AvgIpc) is 2.95. The van der Waals surface area contributed by atoms with Crippen molar-refractivity contribution in [1.29, 1.82) is 0 Å². The molecule has 0 atom stereocenters. The van der Waals surface area contributed by atoms with Gasteiger partial charge in [-0.3, -0.25) is 9.59 Å². The second kappa shape index (κ2) is 7.68. The van der Waals surface area contributed by atoms with Crippen LogP contribution in [0.1, 0.15) is 41.5 Å². The molecule has 0 aromatic heterocycles.